The van der Waals surface area contributed by atoms with Gasteiger partial charge in [-0.15, -0.1) is 0 Å². The lowest BCUT2D eigenvalue weighted by molar-refractivity contribution is -0.384. The van der Waals surface area contributed by atoms with Gasteiger partial charge in [0.1, 0.15) is 34.7 Å². The van der Waals surface area contributed by atoms with E-state index in [1.807, 2.05) is 0 Å². The van der Waals surface area contributed by atoms with Gasteiger partial charge in [0.15, 0.2) is 75.1 Å². The summed E-state index contributed by atoms with van der Waals surface area (Å²) >= 11 is 4.71. The molecule has 0 spiro atoms. The van der Waals surface area contributed by atoms with E-state index in [1.54, 1.807) is 0 Å². The minimum Gasteiger partial charge on any atom is -0.494 e. The fourth-order valence-electron chi connectivity index (χ4n) is 12.1. The predicted octanol–water partition coefficient (Wildman–Crippen LogP) is 12.2. The highest BCUT2D eigenvalue weighted by molar-refractivity contribution is 7.59. The Morgan fingerprint density at radius 3 is 1.17 bits per heavy atom. The first-order valence-corrected chi connectivity index (χ1v) is 29.9. The number of rotatable bonds is 16. The molecule has 0 saturated carbocycles. The second-order valence-electron chi connectivity index (χ2n) is 21.9. The minimum absolute atomic E-state index is 0. The van der Waals surface area contributed by atoms with Crippen LogP contribution in [-0.2, 0) is 48.1 Å². The SMILES string of the molecule is C=CC(=O)Cl.C=CC(=O)Nc1cn[nH]c1-c1n[nH]c2c1CCC[C@H](c1c(F)c(OC)cc(OC)c1F)C2.COc1cc(OC)c(F)c([C@H]2CCCc3c(-c4[nH]ncc4N)n[nH]c3C2)c1F.COc1cc(OC)c(F)c([C@H]2CCCc3c(-c4[nH]ncc4[N+](=O)[O-])n[nH]c3C2)c1F.S.S.S. The molecule has 3 aromatic carbocycles. The molecule has 3 aliphatic rings. The number of carbonyl (C=O) groups excluding carboxylic acids is 2. The van der Waals surface area contributed by atoms with Crippen molar-refractivity contribution in [3.05, 3.63) is 158 Å². The first kappa shape index (κ1) is 77.5. The highest BCUT2D eigenvalue weighted by Gasteiger charge is 2.36. The second kappa shape index (κ2) is 34.6. The summed E-state index contributed by atoms with van der Waals surface area (Å²) in [7, 11) is 7.98. The molecule has 0 aliphatic heterocycles. The van der Waals surface area contributed by atoms with E-state index < -0.39 is 56.9 Å². The Morgan fingerprint density at radius 2 is 0.857 bits per heavy atom. The predicted molar refractivity (Wildman–Crippen MR) is 367 cm³/mol. The molecule has 526 valence electrons. The van der Waals surface area contributed by atoms with Crippen molar-refractivity contribution in [1.82, 2.24) is 61.2 Å². The van der Waals surface area contributed by atoms with Crippen LogP contribution in [0.5, 0.6) is 34.5 Å². The fraction of sp³-hybridized carbons (Fsp3) is 0.333. The Balaban J connectivity index is 0.000000221. The van der Waals surface area contributed by atoms with Crippen molar-refractivity contribution in [3.63, 3.8) is 0 Å². The number of nitro groups is 1. The summed E-state index contributed by atoms with van der Waals surface area (Å²) in [5.41, 5.74) is 14.7. The molecule has 12 rings (SSSR count). The number of aromatic amines is 6. The van der Waals surface area contributed by atoms with Crippen molar-refractivity contribution >= 4 is 80.3 Å². The lowest BCUT2D eigenvalue weighted by Crippen LogP contribution is -2.10. The molecule has 9 N–H and O–H groups in total. The quantitative estimate of drug-likeness (QED) is 0.0111. The number of nitrogen functional groups attached to an aromatic ring is 1. The van der Waals surface area contributed by atoms with Crippen LogP contribution in [0.4, 0.5) is 43.4 Å². The Bertz CT molecular complexity index is 4230. The molecule has 3 atom stereocenters. The van der Waals surface area contributed by atoms with Crippen molar-refractivity contribution in [2.24, 2.45) is 0 Å². The van der Waals surface area contributed by atoms with Gasteiger partial charge in [0.2, 0.25) is 11.1 Å². The number of aromatic nitrogens is 12. The third-order valence-electron chi connectivity index (χ3n) is 16.6. The highest BCUT2D eigenvalue weighted by atomic mass is 35.5. The van der Waals surface area contributed by atoms with E-state index in [-0.39, 0.29) is 121 Å². The summed E-state index contributed by atoms with van der Waals surface area (Å²) in [6.07, 6.45) is 13.1. The number of nitrogens with two attached hydrogens (primary N) is 1. The Morgan fingerprint density at radius 1 is 0.541 bits per heavy atom. The van der Waals surface area contributed by atoms with Crippen LogP contribution in [0.25, 0.3) is 34.2 Å². The van der Waals surface area contributed by atoms with Crippen LogP contribution in [0.1, 0.15) is 107 Å². The average molecular weight is 1450 g/mol. The van der Waals surface area contributed by atoms with E-state index in [4.69, 9.17) is 45.8 Å². The van der Waals surface area contributed by atoms with Gasteiger partial charge in [-0.05, 0) is 119 Å². The van der Waals surface area contributed by atoms with Crippen LogP contribution in [0.15, 0.2) is 62.1 Å². The van der Waals surface area contributed by atoms with Crippen LogP contribution in [0.2, 0.25) is 0 Å². The van der Waals surface area contributed by atoms with Gasteiger partial charge in [-0.25, -0.2) is 26.3 Å². The molecule has 0 unspecified atom stereocenters. The van der Waals surface area contributed by atoms with Gasteiger partial charge in [-0.2, -0.15) is 71.1 Å². The van der Waals surface area contributed by atoms with Crippen molar-refractivity contribution in [3.8, 4) is 68.7 Å². The largest absolute Gasteiger partial charge is 0.494 e. The third kappa shape index (κ3) is 16.2. The van der Waals surface area contributed by atoms with Crippen molar-refractivity contribution in [2.75, 3.05) is 53.7 Å². The number of halogens is 7. The van der Waals surface area contributed by atoms with Gasteiger partial charge in [0, 0.05) is 68.7 Å². The number of nitrogens with zero attached hydrogens (tertiary/aromatic N) is 7. The summed E-state index contributed by atoms with van der Waals surface area (Å²) in [5.74, 6) is -6.37. The number of fused-ring (bicyclic) bond motifs is 3. The van der Waals surface area contributed by atoms with Crippen LogP contribution in [-0.4, -0.2) is 120 Å². The molecule has 0 fully saturated rings. The Hall–Kier alpha value is -9.54. The maximum Gasteiger partial charge on any atom is 0.316 e. The molecular formula is C63H72ClF6N15O10S3. The molecule has 25 nitrogen and oxygen atoms in total. The highest BCUT2D eigenvalue weighted by Crippen LogP contribution is 2.46. The van der Waals surface area contributed by atoms with Gasteiger partial charge < -0.3 is 39.5 Å². The van der Waals surface area contributed by atoms with E-state index in [9.17, 15) is 37.3 Å². The zero-order valence-corrected chi connectivity index (χ0v) is 57.4. The smallest absolute Gasteiger partial charge is 0.316 e. The molecule has 6 aromatic heterocycles. The number of anilines is 2. The first-order chi connectivity index (χ1) is 45.7. The number of hydrogen-bond acceptors (Lipinski definition) is 17. The van der Waals surface area contributed by atoms with Gasteiger partial charge in [-0.1, -0.05) is 13.2 Å². The third-order valence-corrected chi connectivity index (χ3v) is 16.8. The molecule has 0 bridgehead atoms. The normalized spacial score (nSPS) is 15.1. The zero-order chi connectivity index (χ0) is 68.4. The van der Waals surface area contributed by atoms with Crippen molar-refractivity contribution < 1.29 is 69.3 Å². The van der Waals surface area contributed by atoms with Crippen molar-refractivity contribution in [1.29, 1.82) is 0 Å². The second-order valence-corrected chi connectivity index (χ2v) is 22.3. The number of allylic oxidation sites excluding steroid dienone is 1. The molecule has 9 aromatic rings. The molecule has 35 heteroatoms. The Kier molecular flexibility index (Phi) is 27.4. The number of benzene rings is 3. The number of ether oxygens (including phenoxy) is 6. The summed E-state index contributed by atoms with van der Waals surface area (Å²) in [5, 5.41) is 55.4. The minimum atomic E-state index is -0.756. The Labute approximate surface area is 582 Å². The van der Waals surface area contributed by atoms with Gasteiger partial charge in [0.05, 0.1) is 71.4 Å². The molecule has 0 radical (unpaired) electrons. The van der Waals surface area contributed by atoms with E-state index in [2.05, 4.69) is 79.7 Å². The average Bonchev–Trinajstić information content (AvgIpc) is 1.24. The number of hydrogen-bond donors (Lipinski definition) is 8. The van der Waals surface area contributed by atoms with Crippen LogP contribution in [0, 0.1) is 45.0 Å². The van der Waals surface area contributed by atoms with E-state index >= 15 is 8.78 Å². The standard InChI is InChI=1S/C22H23F2N5O3.C19H19F2N5O4.C19H21F2N5O2.C3H3ClO.3H2S/c1-4-17(30)26-14-10-25-28-22(14)21-12-7-5-6-11(8-13(12)27-29-21)18-19(23)15(31-2)9-16(32-3)20(18)24;1-29-13-7-14(30-2)17(21)15(16(13)20)9-4-3-5-10-11(6-9)23-25-18(10)19-12(26(27)28)8-22-24-19;1-27-13-7-14(28-2)17(21)15(16(13)20)9-4-3-5-10-12(6-9)24-26-18(10)19-11(22)8-23-25-19;1-2-3(4)5;;;/h4,9-11H,1,5-8H2,2-3H3,(H,25,28)(H,26,30)(H,27,29);7-9H,3-6H2,1-2H3,(H,22,24)(H,23,25);7-9H,3-6,22H2,1-2H3,(H,23,25)(H,24,26);2H,1H2;3*1H2/t11-;2*9-;;;;/m000..../s1. The fourth-order valence-corrected chi connectivity index (χ4v) is 12.1. The maximum atomic E-state index is 15.1. The first-order valence-electron chi connectivity index (χ1n) is 29.5. The molecule has 6 heterocycles. The van der Waals surface area contributed by atoms with Crippen molar-refractivity contribution in [2.45, 2.75) is 94.8 Å². The summed E-state index contributed by atoms with van der Waals surface area (Å²) in [6.45, 7) is 6.53. The van der Waals surface area contributed by atoms with Gasteiger partial charge in [0.25, 0.3) is 0 Å². The summed E-state index contributed by atoms with van der Waals surface area (Å²) in [6, 6.07) is 3.62. The number of H-pyrrole nitrogens is 6. The monoisotopic (exact) mass is 1440 g/mol. The van der Waals surface area contributed by atoms with Crippen LogP contribution in [0.3, 0.4) is 0 Å². The molecule has 98 heavy (non-hydrogen) atoms. The van der Waals surface area contributed by atoms with E-state index in [0.29, 0.717) is 103 Å². The summed E-state index contributed by atoms with van der Waals surface area (Å²) in [4.78, 5) is 31.9. The van der Waals surface area contributed by atoms with Crippen LogP contribution < -0.4 is 39.5 Å². The number of carbonyl (C=O) groups is 2. The van der Waals surface area contributed by atoms with Gasteiger partial charge >= 0.3 is 5.69 Å². The molecule has 1 amide bonds. The van der Waals surface area contributed by atoms with Gasteiger partial charge in [-0.3, -0.25) is 50.3 Å². The summed E-state index contributed by atoms with van der Waals surface area (Å²) < 4.78 is 120. The number of amides is 1. The maximum absolute atomic E-state index is 15.1. The topological polar surface area (TPSA) is 343 Å². The number of methoxy groups -OCH3 is 6. The lowest BCUT2D eigenvalue weighted by Gasteiger charge is -2.19. The molecule has 3 aliphatic carbocycles. The number of nitrogens with one attached hydrogen (secondary N) is 7. The molecular weight excluding hydrogens is 1370 g/mol. The van der Waals surface area contributed by atoms with Crippen LogP contribution >= 0.6 is 52.1 Å². The zero-order valence-electron chi connectivity index (χ0n) is 53.7. The van der Waals surface area contributed by atoms with E-state index in [1.165, 1.54) is 73.3 Å². The lowest BCUT2D eigenvalue weighted by atomic mass is 9.90. The van der Waals surface area contributed by atoms with E-state index in [0.717, 1.165) is 59.3 Å². The molecule has 0 saturated heterocycles.